The highest BCUT2D eigenvalue weighted by Gasteiger charge is 2.12. The average molecular weight is 246 g/mol. The van der Waals surface area contributed by atoms with Crippen LogP contribution >= 0.6 is 23.2 Å². The molecule has 0 saturated carbocycles. The largest absolute Gasteiger partial charge is 0.491 e. The fraction of sp³-hybridized carbons (Fsp3) is 0.300. The summed E-state index contributed by atoms with van der Waals surface area (Å²) in [5, 5.41) is 1.12. The fourth-order valence-electron chi connectivity index (χ4n) is 1.22. The summed E-state index contributed by atoms with van der Waals surface area (Å²) in [6, 6.07) is 5.15. The van der Waals surface area contributed by atoms with E-state index in [1.165, 1.54) is 6.40 Å². The Morgan fingerprint density at radius 3 is 2.67 bits per heavy atom. The van der Waals surface area contributed by atoms with Crippen molar-refractivity contribution in [2.75, 3.05) is 13.2 Å². The summed E-state index contributed by atoms with van der Waals surface area (Å²) in [5.41, 5.74) is 0. The number of hydrogen-bond acceptors (Lipinski definition) is 3. The maximum atomic E-state index is 5.83. The molecule has 3 nitrogen and oxygen atoms in total. The first-order chi connectivity index (χ1) is 7.24. The molecule has 5 heteroatoms. The van der Waals surface area contributed by atoms with Crippen molar-refractivity contribution in [1.82, 2.24) is 0 Å². The van der Waals surface area contributed by atoms with Crippen LogP contribution in [0.1, 0.15) is 0 Å². The topological polar surface area (TPSA) is 30.8 Å². The molecule has 0 fully saturated rings. The van der Waals surface area contributed by atoms with Crippen molar-refractivity contribution in [1.29, 1.82) is 0 Å². The molecule has 0 aliphatic carbocycles. The van der Waals surface area contributed by atoms with Crippen molar-refractivity contribution < 1.29 is 9.47 Å². The van der Waals surface area contributed by atoms with Crippen LogP contribution in [0.15, 0.2) is 23.2 Å². The SMILES string of the molecule is Clc1cc(Cl)cc(OCC2COC=N2)c1. The van der Waals surface area contributed by atoms with Crippen LogP contribution in [-0.2, 0) is 4.74 Å². The monoisotopic (exact) mass is 245 g/mol. The van der Waals surface area contributed by atoms with Crippen LogP contribution in [0.5, 0.6) is 5.75 Å². The summed E-state index contributed by atoms with van der Waals surface area (Å²) in [5.74, 6) is 0.648. The van der Waals surface area contributed by atoms with Gasteiger partial charge in [-0.05, 0) is 18.2 Å². The van der Waals surface area contributed by atoms with Crippen molar-refractivity contribution >= 4 is 29.6 Å². The van der Waals surface area contributed by atoms with Gasteiger partial charge in [0.15, 0.2) is 6.40 Å². The first-order valence-electron chi connectivity index (χ1n) is 4.46. The van der Waals surface area contributed by atoms with Gasteiger partial charge in [0, 0.05) is 10.0 Å². The molecule has 1 atom stereocenters. The van der Waals surface area contributed by atoms with Gasteiger partial charge in [0.05, 0.1) is 0 Å². The molecule has 0 amide bonds. The van der Waals surface area contributed by atoms with Crippen LogP contribution in [0.3, 0.4) is 0 Å². The van der Waals surface area contributed by atoms with E-state index in [0.717, 1.165) is 0 Å². The van der Waals surface area contributed by atoms with E-state index in [9.17, 15) is 0 Å². The van der Waals surface area contributed by atoms with Gasteiger partial charge in [0.2, 0.25) is 0 Å². The molecule has 0 spiro atoms. The van der Waals surface area contributed by atoms with Gasteiger partial charge in [-0.1, -0.05) is 23.2 Å². The molecule has 1 aromatic carbocycles. The van der Waals surface area contributed by atoms with Crippen LogP contribution in [0.25, 0.3) is 0 Å². The van der Waals surface area contributed by atoms with Crippen molar-refractivity contribution in [3.05, 3.63) is 28.2 Å². The van der Waals surface area contributed by atoms with Gasteiger partial charge in [-0.2, -0.15) is 0 Å². The number of aliphatic imine (C=N–C) groups is 1. The first-order valence-corrected chi connectivity index (χ1v) is 5.22. The fourth-order valence-corrected chi connectivity index (χ4v) is 1.73. The number of rotatable bonds is 3. The van der Waals surface area contributed by atoms with Crippen LogP contribution in [0.2, 0.25) is 10.0 Å². The smallest absolute Gasteiger partial charge is 0.170 e. The van der Waals surface area contributed by atoms with Crippen molar-refractivity contribution in [3.8, 4) is 5.75 Å². The third-order valence-electron chi connectivity index (χ3n) is 1.91. The number of hydrogen-bond donors (Lipinski definition) is 0. The second kappa shape index (κ2) is 4.73. The Bertz CT molecular complexity index is 361. The van der Waals surface area contributed by atoms with Gasteiger partial charge in [-0.3, -0.25) is 0 Å². The molecule has 0 bridgehead atoms. The molecule has 0 aromatic heterocycles. The van der Waals surface area contributed by atoms with E-state index in [1.807, 2.05) is 0 Å². The zero-order valence-corrected chi connectivity index (χ0v) is 9.33. The second-order valence-electron chi connectivity index (χ2n) is 3.16. The minimum absolute atomic E-state index is 0.0581. The summed E-state index contributed by atoms with van der Waals surface area (Å²) in [7, 11) is 0. The van der Waals surface area contributed by atoms with E-state index >= 15 is 0 Å². The number of nitrogens with zero attached hydrogens (tertiary/aromatic N) is 1. The third-order valence-corrected chi connectivity index (χ3v) is 2.35. The second-order valence-corrected chi connectivity index (χ2v) is 4.03. The van der Waals surface area contributed by atoms with Crippen molar-refractivity contribution in [2.45, 2.75) is 6.04 Å². The number of ether oxygens (including phenoxy) is 2. The van der Waals surface area contributed by atoms with Gasteiger partial charge >= 0.3 is 0 Å². The van der Waals surface area contributed by atoms with Gasteiger partial charge in [0.1, 0.15) is 25.0 Å². The predicted octanol–water partition coefficient (Wildman–Crippen LogP) is 2.80. The molecular formula is C10H9Cl2NO2. The van der Waals surface area contributed by atoms with Crippen LogP contribution in [0, 0.1) is 0 Å². The van der Waals surface area contributed by atoms with E-state index in [-0.39, 0.29) is 6.04 Å². The summed E-state index contributed by atoms with van der Waals surface area (Å²) < 4.78 is 10.5. The van der Waals surface area contributed by atoms with E-state index in [1.54, 1.807) is 18.2 Å². The molecule has 0 N–H and O–H groups in total. The Hall–Kier alpha value is -0.930. The zero-order valence-electron chi connectivity index (χ0n) is 7.82. The van der Waals surface area contributed by atoms with E-state index in [0.29, 0.717) is 29.0 Å². The van der Waals surface area contributed by atoms with Gasteiger partial charge in [-0.25, -0.2) is 4.99 Å². The summed E-state index contributed by atoms with van der Waals surface area (Å²) >= 11 is 11.7. The molecule has 15 heavy (non-hydrogen) atoms. The molecule has 0 saturated heterocycles. The number of benzene rings is 1. The normalized spacial score (nSPS) is 18.9. The van der Waals surface area contributed by atoms with Crippen LogP contribution in [-0.4, -0.2) is 25.7 Å². The maximum Gasteiger partial charge on any atom is 0.170 e. The Kier molecular flexibility index (Phi) is 3.34. The lowest BCUT2D eigenvalue weighted by Crippen LogP contribution is -2.17. The molecular weight excluding hydrogens is 237 g/mol. The lowest BCUT2D eigenvalue weighted by molar-refractivity contribution is 0.246. The molecule has 1 heterocycles. The lowest BCUT2D eigenvalue weighted by Gasteiger charge is -2.09. The summed E-state index contributed by atoms with van der Waals surface area (Å²) in [6.45, 7) is 1.03. The zero-order chi connectivity index (χ0) is 10.7. The predicted molar refractivity (Wildman–Crippen MR) is 60.2 cm³/mol. The maximum absolute atomic E-state index is 5.83. The molecule has 1 unspecified atom stereocenters. The Balaban J connectivity index is 1.95. The minimum Gasteiger partial charge on any atom is -0.491 e. The molecule has 1 aromatic rings. The van der Waals surface area contributed by atoms with Crippen molar-refractivity contribution in [2.24, 2.45) is 4.99 Å². The summed E-state index contributed by atoms with van der Waals surface area (Å²) in [4.78, 5) is 4.06. The van der Waals surface area contributed by atoms with E-state index < -0.39 is 0 Å². The minimum atomic E-state index is 0.0581. The average Bonchev–Trinajstić information content (AvgIpc) is 2.65. The third kappa shape index (κ3) is 3.01. The highest BCUT2D eigenvalue weighted by atomic mass is 35.5. The molecule has 0 radical (unpaired) electrons. The van der Waals surface area contributed by atoms with Crippen LogP contribution < -0.4 is 4.74 Å². The first kappa shape index (κ1) is 10.6. The van der Waals surface area contributed by atoms with Gasteiger partial charge in [0.25, 0.3) is 0 Å². The van der Waals surface area contributed by atoms with E-state index in [2.05, 4.69) is 4.99 Å². The molecule has 80 valence electrons. The number of halogens is 2. The highest BCUT2D eigenvalue weighted by Crippen LogP contribution is 2.24. The molecule has 2 rings (SSSR count). The van der Waals surface area contributed by atoms with Gasteiger partial charge < -0.3 is 9.47 Å². The lowest BCUT2D eigenvalue weighted by atomic mass is 10.3. The highest BCUT2D eigenvalue weighted by molar-refractivity contribution is 6.34. The van der Waals surface area contributed by atoms with Crippen molar-refractivity contribution in [3.63, 3.8) is 0 Å². The Morgan fingerprint density at radius 2 is 2.07 bits per heavy atom. The Morgan fingerprint density at radius 1 is 1.33 bits per heavy atom. The Labute approximate surface area is 97.6 Å². The quantitative estimate of drug-likeness (QED) is 0.820. The standard InChI is InChI=1S/C10H9Cl2NO2/c11-7-1-8(12)3-10(2-7)15-5-9-4-14-6-13-9/h1-3,6,9H,4-5H2. The summed E-state index contributed by atoms with van der Waals surface area (Å²) in [6.07, 6.45) is 1.44. The van der Waals surface area contributed by atoms with E-state index in [4.69, 9.17) is 32.7 Å². The molecule has 1 aliphatic heterocycles. The van der Waals surface area contributed by atoms with Gasteiger partial charge in [-0.15, -0.1) is 0 Å². The molecule has 1 aliphatic rings. The van der Waals surface area contributed by atoms with Crippen LogP contribution in [0.4, 0.5) is 0 Å².